The van der Waals surface area contributed by atoms with E-state index in [4.69, 9.17) is 14.2 Å². The summed E-state index contributed by atoms with van der Waals surface area (Å²) >= 11 is 0. The second kappa shape index (κ2) is 8.86. The first-order chi connectivity index (χ1) is 14.2. The van der Waals surface area contributed by atoms with Crippen LogP contribution in [0.2, 0.25) is 0 Å². The minimum absolute atomic E-state index is 0.165. The van der Waals surface area contributed by atoms with Crippen molar-refractivity contribution in [2.24, 2.45) is 0 Å². The molecule has 0 aromatic carbocycles. The van der Waals surface area contributed by atoms with E-state index in [1.54, 1.807) is 29.8 Å². The number of hydrogen-bond acceptors (Lipinski definition) is 8. The number of carbonyl (C=O) groups is 2. The standard InChI is InChI=1S/C20H29N5O5/c1-6-29-18(26)16-15-17(25(22-16)13-28-5)14(7-8-21-15)23-9-11-24(12-10-23)19(27)30-20(2,3)4/h7-8H,6,9-13H2,1-5H3. The highest BCUT2D eigenvalue weighted by molar-refractivity contribution is 6.03. The molecule has 1 fully saturated rings. The molecule has 1 aliphatic rings. The molecule has 30 heavy (non-hydrogen) atoms. The summed E-state index contributed by atoms with van der Waals surface area (Å²) in [6.07, 6.45) is 1.34. The fraction of sp³-hybridized carbons (Fsp3) is 0.600. The number of hydrogen-bond donors (Lipinski definition) is 0. The van der Waals surface area contributed by atoms with Gasteiger partial charge < -0.3 is 24.0 Å². The van der Waals surface area contributed by atoms with Gasteiger partial charge in [-0.05, 0) is 33.8 Å². The van der Waals surface area contributed by atoms with Crippen LogP contribution in [0, 0.1) is 0 Å². The average Bonchev–Trinajstić information content (AvgIpc) is 3.06. The Bertz CT molecular complexity index is 912. The van der Waals surface area contributed by atoms with E-state index < -0.39 is 11.6 Å². The summed E-state index contributed by atoms with van der Waals surface area (Å²) in [6.45, 7) is 10.0. The number of nitrogens with zero attached hydrogens (tertiary/aromatic N) is 5. The molecule has 1 amide bonds. The number of esters is 1. The van der Waals surface area contributed by atoms with Crippen LogP contribution in [0.5, 0.6) is 0 Å². The van der Waals surface area contributed by atoms with Gasteiger partial charge in [0.15, 0.2) is 5.69 Å². The van der Waals surface area contributed by atoms with Crippen molar-refractivity contribution in [1.82, 2.24) is 19.7 Å². The van der Waals surface area contributed by atoms with Gasteiger partial charge in [0.05, 0.1) is 12.3 Å². The molecule has 3 rings (SSSR count). The van der Waals surface area contributed by atoms with E-state index in [0.29, 0.717) is 37.2 Å². The Balaban J connectivity index is 1.86. The Kier molecular flexibility index (Phi) is 6.45. The van der Waals surface area contributed by atoms with Crippen LogP contribution in [0.15, 0.2) is 12.3 Å². The van der Waals surface area contributed by atoms with Crippen molar-refractivity contribution in [3.63, 3.8) is 0 Å². The maximum Gasteiger partial charge on any atom is 0.410 e. The number of fused-ring (bicyclic) bond motifs is 1. The van der Waals surface area contributed by atoms with E-state index in [0.717, 1.165) is 5.69 Å². The molecule has 1 saturated heterocycles. The monoisotopic (exact) mass is 419 g/mol. The molecule has 3 heterocycles. The van der Waals surface area contributed by atoms with Crippen LogP contribution in [-0.4, -0.2) is 77.2 Å². The lowest BCUT2D eigenvalue weighted by Gasteiger charge is -2.37. The van der Waals surface area contributed by atoms with Gasteiger partial charge in [-0.3, -0.25) is 4.98 Å². The van der Waals surface area contributed by atoms with Crippen molar-refractivity contribution >= 4 is 28.8 Å². The smallest absolute Gasteiger partial charge is 0.410 e. The number of piperazine rings is 1. The number of methoxy groups -OCH3 is 1. The fourth-order valence-electron chi connectivity index (χ4n) is 3.35. The highest BCUT2D eigenvalue weighted by atomic mass is 16.6. The SMILES string of the molecule is CCOC(=O)c1nn(COC)c2c(N3CCN(C(=O)OC(C)(C)C)CC3)ccnc12. The molecule has 0 radical (unpaired) electrons. The number of pyridine rings is 1. The first kappa shape index (κ1) is 21.8. The molecule has 10 heteroatoms. The number of anilines is 1. The average molecular weight is 419 g/mol. The summed E-state index contributed by atoms with van der Waals surface area (Å²) in [5.74, 6) is -0.517. The number of amides is 1. The van der Waals surface area contributed by atoms with Gasteiger partial charge in [-0.2, -0.15) is 5.10 Å². The molecule has 0 atom stereocenters. The second-order valence-electron chi connectivity index (χ2n) is 7.97. The van der Waals surface area contributed by atoms with E-state index in [2.05, 4.69) is 15.0 Å². The normalized spacial score (nSPS) is 14.8. The van der Waals surface area contributed by atoms with Crippen molar-refractivity contribution in [2.45, 2.75) is 40.0 Å². The van der Waals surface area contributed by atoms with Crippen LogP contribution in [0.25, 0.3) is 11.0 Å². The topological polar surface area (TPSA) is 99.0 Å². The molecule has 0 aliphatic carbocycles. The zero-order chi connectivity index (χ0) is 21.9. The molecule has 0 bridgehead atoms. The van der Waals surface area contributed by atoms with Crippen molar-refractivity contribution < 1.29 is 23.8 Å². The van der Waals surface area contributed by atoms with Gasteiger partial charge in [0.2, 0.25) is 0 Å². The molecule has 0 unspecified atom stereocenters. The van der Waals surface area contributed by atoms with E-state index in [1.165, 1.54) is 0 Å². The van der Waals surface area contributed by atoms with Crippen LogP contribution >= 0.6 is 0 Å². The predicted octanol–water partition coefficient (Wildman–Crippen LogP) is 2.27. The first-order valence-corrected chi connectivity index (χ1v) is 9.99. The summed E-state index contributed by atoms with van der Waals surface area (Å²) in [7, 11) is 1.56. The zero-order valence-electron chi connectivity index (χ0n) is 18.2. The molecule has 0 saturated carbocycles. The summed E-state index contributed by atoms with van der Waals surface area (Å²) in [6, 6.07) is 1.88. The zero-order valence-corrected chi connectivity index (χ0v) is 18.2. The third-order valence-corrected chi connectivity index (χ3v) is 4.60. The third-order valence-electron chi connectivity index (χ3n) is 4.60. The lowest BCUT2D eigenvalue weighted by molar-refractivity contribution is 0.0240. The lowest BCUT2D eigenvalue weighted by atomic mass is 10.2. The van der Waals surface area contributed by atoms with E-state index >= 15 is 0 Å². The van der Waals surface area contributed by atoms with Crippen LogP contribution in [-0.2, 0) is 20.9 Å². The summed E-state index contributed by atoms with van der Waals surface area (Å²) in [5, 5.41) is 4.38. The Morgan fingerprint density at radius 1 is 1.17 bits per heavy atom. The van der Waals surface area contributed by atoms with Gasteiger partial charge in [-0.25, -0.2) is 14.3 Å². The maximum absolute atomic E-state index is 12.3. The third kappa shape index (κ3) is 4.64. The molecule has 10 nitrogen and oxygen atoms in total. The minimum Gasteiger partial charge on any atom is -0.461 e. The van der Waals surface area contributed by atoms with Gasteiger partial charge in [0.1, 0.15) is 23.4 Å². The van der Waals surface area contributed by atoms with E-state index in [-0.39, 0.29) is 25.1 Å². The Morgan fingerprint density at radius 2 is 1.87 bits per heavy atom. The van der Waals surface area contributed by atoms with Gasteiger partial charge in [0.25, 0.3) is 0 Å². The number of carbonyl (C=O) groups excluding carboxylic acids is 2. The summed E-state index contributed by atoms with van der Waals surface area (Å²) in [5.41, 5.74) is 1.69. The van der Waals surface area contributed by atoms with E-state index in [1.807, 2.05) is 26.8 Å². The Hall–Kier alpha value is -2.88. The minimum atomic E-state index is -0.526. The van der Waals surface area contributed by atoms with Gasteiger partial charge >= 0.3 is 12.1 Å². The van der Waals surface area contributed by atoms with Crippen LogP contribution in [0.3, 0.4) is 0 Å². The van der Waals surface area contributed by atoms with Gasteiger partial charge in [-0.15, -0.1) is 0 Å². The summed E-state index contributed by atoms with van der Waals surface area (Å²) < 4.78 is 17.5. The molecular formula is C20H29N5O5. The van der Waals surface area contributed by atoms with Crippen molar-refractivity contribution in [2.75, 3.05) is 44.8 Å². The molecule has 164 valence electrons. The summed E-state index contributed by atoms with van der Waals surface area (Å²) in [4.78, 5) is 32.9. The number of rotatable bonds is 5. The quantitative estimate of drug-likeness (QED) is 0.681. The van der Waals surface area contributed by atoms with Gasteiger partial charge in [-0.1, -0.05) is 0 Å². The number of ether oxygens (including phenoxy) is 3. The van der Waals surface area contributed by atoms with Gasteiger partial charge in [0, 0.05) is 39.5 Å². The highest BCUT2D eigenvalue weighted by Crippen LogP contribution is 2.29. The highest BCUT2D eigenvalue weighted by Gasteiger charge is 2.28. The Labute approximate surface area is 175 Å². The molecule has 0 spiro atoms. The predicted molar refractivity (Wildman–Crippen MR) is 111 cm³/mol. The molecule has 2 aromatic heterocycles. The second-order valence-corrected chi connectivity index (χ2v) is 7.97. The van der Waals surface area contributed by atoms with Crippen molar-refractivity contribution in [3.05, 3.63) is 18.0 Å². The molecule has 0 N–H and O–H groups in total. The van der Waals surface area contributed by atoms with Crippen LogP contribution in [0.4, 0.5) is 10.5 Å². The maximum atomic E-state index is 12.3. The molecular weight excluding hydrogens is 390 g/mol. The van der Waals surface area contributed by atoms with Crippen LogP contribution < -0.4 is 4.90 Å². The first-order valence-electron chi connectivity index (χ1n) is 9.99. The Morgan fingerprint density at radius 3 is 2.47 bits per heavy atom. The lowest BCUT2D eigenvalue weighted by Crippen LogP contribution is -2.50. The van der Waals surface area contributed by atoms with Crippen molar-refractivity contribution in [1.29, 1.82) is 0 Å². The fourth-order valence-corrected chi connectivity index (χ4v) is 3.35. The number of aromatic nitrogens is 3. The molecule has 1 aliphatic heterocycles. The molecule has 2 aromatic rings. The largest absolute Gasteiger partial charge is 0.461 e. The van der Waals surface area contributed by atoms with Crippen LogP contribution in [0.1, 0.15) is 38.2 Å². The van der Waals surface area contributed by atoms with Crippen molar-refractivity contribution in [3.8, 4) is 0 Å². The van der Waals surface area contributed by atoms with E-state index in [9.17, 15) is 9.59 Å².